The van der Waals surface area contributed by atoms with Crippen LogP contribution in [0, 0.1) is 0 Å². The maximum Gasteiger partial charge on any atom is 0.242 e. The summed E-state index contributed by atoms with van der Waals surface area (Å²) in [7, 11) is 0.320. The summed E-state index contributed by atoms with van der Waals surface area (Å²) in [4.78, 5) is 2.10. The Kier molecular flexibility index (Phi) is 8.39. The van der Waals surface area contributed by atoms with Gasteiger partial charge in [0.15, 0.2) is 0 Å². The Morgan fingerprint density at radius 1 is 1.09 bits per heavy atom. The summed E-state index contributed by atoms with van der Waals surface area (Å²) in [5.41, 5.74) is 7.72. The first-order valence-electron chi connectivity index (χ1n) is 7.89. The number of nitrogen functional groups attached to an aromatic ring is 1. The molecule has 3 N–H and O–H groups in total. The lowest BCUT2D eigenvalue weighted by atomic mass is 10.2. The molecule has 1 aromatic carbocycles. The van der Waals surface area contributed by atoms with Crippen LogP contribution in [0.25, 0.3) is 0 Å². The van der Waals surface area contributed by atoms with Crippen molar-refractivity contribution in [3.63, 3.8) is 0 Å². The van der Waals surface area contributed by atoms with Gasteiger partial charge in [0.05, 0.1) is 38.7 Å². The third-order valence-electron chi connectivity index (χ3n) is 3.03. The van der Waals surface area contributed by atoms with E-state index in [9.17, 15) is 0 Å². The lowest BCUT2D eigenvalue weighted by Crippen LogP contribution is -2.30. The highest BCUT2D eigenvalue weighted by Crippen LogP contribution is 2.29. The maximum absolute atomic E-state index is 8.59. The Labute approximate surface area is 140 Å². The Balaban J connectivity index is 2.44. The van der Waals surface area contributed by atoms with E-state index in [1.165, 1.54) is 0 Å². The maximum atomic E-state index is 8.59. The van der Waals surface area contributed by atoms with Crippen LogP contribution in [0.2, 0.25) is 19.6 Å². The molecule has 0 spiro atoms. The van der Waals surface area contributed by atoms with Crippen LogP contribution in [0.1, 0.15) is 0 Å². The molecule has 0 saturated heterocycles. The van der Waals surface area contributed by atoms with Crippen LogP contribution in [0.15, 0.2) is 18.2 Å². The van der Waals surface area contributed by atoms with E-state index in [1.807, 2.05) is 25.2 Å². The minimum atomic E-state index is -1.69. The highest BCUT2D eigenvalue weighted by Gasteiger charge is 2.18. The smallest absolute Gasteiger partial charge is 0.242 e. The molecule has 0 aliphatic carbocycles. The van der Waals surface area contributed by atoms with E-state index >= 15 is 0 Å². The molecule has 0 radical (unpaired) electrons. The number of nitrogens with two attached hydrogens (primary N) is 1. The fourth-order valence-electron chi connectivity index (χ4n) is 1.90. The van der Waals surface area contributed by atoms with E-state index in [2.05, 4.69) is 24.5 Å². The normalized spacial score (nSPS) is 11.5. The van der Waals surface area contributed by atoms with E-state index in [1.54, 1.807) is 0 Å². The molecule has 0 bridgehead atoms. The Morgan fingerprint density at radius 2 is 1.74 bits per heavy atom. The molecule has 0 saturated carbocycles. The van der Waals surface area contributed by atoms with E-state index in [-0.39, 0.29) is 6.61 Å². The summed E-state index contributed by atoms with van der Waals surface area (Å²) >= 11 is 0. The SMILES string of the molecule is CN(CCOCCOCCO)c1ccc(N)c(O[Si](C)(C)C)c1. The second-order valence-electron chi connectivity index (χ2n) is 6.31. The largest absolute Gasteiger partial charge is 0.543 e. The standard InChI is InChI=1S/C16H30N2O4Si/c1-18(7-9-20-11-12-21-10-8-19)14-5-6-15(17)16(13-14)22-23(2,3)4/h5-6,13,19H,7-12,17H2,1-4H3. The lowest BCUT2D eigenvalue weighted by molar-refractivity contribution is 0.0353. The van der Waals surface area contributed by atoms with E-state index < -0.39 is 8.32 Å². The van der Waals surface area contributed by atoms with Crippen molar-refractivity contribution in [1.29, 1.82) is 0 Å². The van der Waals surface area contributed by atoms with Crippen molar-refractivity contribution in [1.82, 2.24) is 0 Å². The fourth-order valence-corrected chi connectivity index (χ4v) is 2.73. The Hall–Kier alpha value is -1.28. The average molecular weight is 343 g/mol. The van der Waals surface area contributed by atoms with Crippen molar-refractivity contribution in [3.05, 3.63) is 18.2 Å². The molecule has 7 heteroatoms. The average Bonchev–Trinajstić information content (AvgIpc) is 2.47. The second kappa shape index (κ2) is 9.77. The second-order valence-corrected chi connectivity index (χ2v) is 10.7. The van der Waals surface area contributed by atoms with Crippen molar-refractivity contribution in [2.45, 2.75) is 19.6 Å². The molecule has 1 aromatic rings. The number of nitrogens with zero attached hydrogens (tertiary/aromatic N) is 1. The summed E-state index contributed by atoms with van der Waals surface area (Å²) in [5, 5.41) is 8.59. The predicted molar refractivity (Wildman–Crippen MR) is 96.8 cm³/mol. The van der Waals surface area contributed by atoms with Gasteiger partial charge in [0.25, 0.3) is 0 Å². The summed E-state index contributed by atoms with van der Waals surface area (Å²) in [6.45, 7) is 9.20. The number of benzene rings is 1. The summed E-state index contributed by atoms with van der Waals surface area (Å²) in [6.07, 6.45) is 0. The zero-order chi connectivity index (χ0) is 17.3. The predicted octanol–water partition coefficient (Wildman–Crippen LogP) is 1.94. The van der Waals surface area contributed by atoms with Crippen molar-refractivity contribution >= 4 is 19.7 Å². The number of hydrogen-bond donors (Lipinski definition) is 2. The van der Waals surface area contributed by atoms with E-state index in [4.69, 9.17) is 24.7 Å². The number of hydrogen-bond acceptors (Lipinski definition) is 6. The van der Waals surface area contributed by atoms with Gasteiger partial charge in [0.1, 0.15) is 5.75 Å². The van der Waals surface area contributed by atoms with Gasteiger partial charge in [-0.1, -0.05) is 0 Å². The van der Waals surface area contributed by atoms with Crippen LogP contribution >= 0.6 is 0 Å². The number of rotatable bonds is 11. The van der Waals surface area contributed by atoms with E-state index in [0.29, 0.717) is 32.1 Å². The van der Waals surface area contributed by atoms with E-state index in [0.717, 1.165) is 18.0 Å². The summed E-state index contributed by atoms with van der Waals surface area (Å²) < 4.78 is 16.7. The van der Waals surface area contributed by atoms with Crippen molar-refractivity contribution in [2.75, 3.05) is 57.3 Å². The quantitative estimate of drug-likeness (QED) is 0.364. The monoisotopic (exact) mass is 342 g/mol. The van der Waals surface area contributed by atoms with Gasteiger partial charge < -0.3 is 29.6 Å². The van der Waals surface area contributed by atoms with Crippen LogP contribution in [0.4, 0.5) is 11.4 Å². The number of aliphatic hydroxyl groups excluding tert-OH is 1. The molecular weight excluding hydrogens is 312 g/mol. The van der Waals surface area contributed by atoms with Crippen LogP contribution in [0.3, 0.4) is 0 Å². The number of aliphatic hydroxyl groups is 1. The number of ether oxygens (including phenoxy) is 2. The Morgan fingerprint density at radius 3 is 2.35 bits per heavy atom. The molecule has 0 aliphatic rings. The molecule has 0 fully saturated rings. The van der Waals surface area contributed by atoms with Crippen molar-refractivity contribution < 1.29 is 19.0 Å². The third-order valence-corrected chi connectivity index (χ3v) is 3.87. The molecule has 1 rings (SSSR count). The first kappa shape index (κ1) is 19.8. The van der Waals surface area contributed by atoms with Gasteiger partial charge in [-0.25, -0.2) is 0 Å². The minimum absolute atomic E-state index is 0.0434. The van der Waals surface area contributed by atoms with Gasteiger partial charge in [0, 0.05) is 25.3 Å². The van der Waals surface area contributed by atoms with Crippen LogP contribution in [0.5, 0.6) is 5.75 Å². The molecule has 0 amide bonds. The van der Waals surface area contributed by atoms with Crippen LogP contribution in [-0.4, -0.2) is 60.1 Å². The fraction of sp³-hybridized carbons (Fsp3) is 0.625. The number of anilines is 2. The van der Waals surface area contributed by atoms with Crippen molar-refractivity contribution in [2.24, 2.45) is 0 Å². The van der Waals surface area contributed by atoms with Gasteiger partial charge >= 0.3 is 0 Å². The van der Waals surface area contributed by atoms with Gasteiger partial charge in [0.2, 0.25) is 8.32 Å². The zero-order valence-electron chi connectivity index (χ0n) is 14.7. The van der Waals surface area contributed by atoms with Gasteiger partial charge in [-0.05, 0) is 31.8 Å². The van der Waals surface area contributed by atoms with Crippen LogP contribution < -0.4 is 15.1 Å². The lowest BCUT2D eigenvalue weighted by Gasteiger charge is -2.24. The summed E-state index contributed by atoms with van der Waals surface area (Å²) in [6, 6.07) is 5.85. The highest BCUT2D eigenvalue weighted by molar-refractivity contribution is 6.70. The zero-order valence-corrected chi connectivity index (χ0v) is 15.7. The molecular formula is C16H30N2O4Si. The summed E-state index contributed by atoms with van der Waals surface area (Å²) in [5.74, 6) is 0.756. The molecule has 0 aromatic heterocycles. The van der Waals surface area contributed by atoms with Gasteiger partial charge in [-0.2, -0.15) is 0 Å². The molecule has 0 aliphatic heterocycles. The van der Waals surface area contributed by atoms with Crippen molar-refractivity contribution in [3.8, 4) is 5.75 Å². The van der Waals surface area contributed by atoms with Gasteiger partial charge in [-0.15, -0.1) is 0 Å². The molecule has 0 heterocycles. The molecule has 0 atom stereocenters. The third kappa shape index (κ3) is 8.22. The first-order valence-corrected chi connectivity index (χ1v) is 11.3. The van der Waals surface area contributed by atoms with Crippen LogP contribution in [-0.2, 0) is 9.47 Å². The molecule has 6 nitrogen and oxygen atoms in total. The molecule has 23 heavy (non-hydrogen) atoms. The highest BCUT2D eigenvalue weighted by atomic mass is 28.4. The molecule has 0 unspecified atom stereocenters. The first-order chi connectivity index (χ1) is 10.8. The number of likely N-dealkylation sites (N-methyl/N-ethyl adjacent to an activating group) is 1. The minimum Gasteiger partial charge on any atom is -0.543 e. The topological polar surface area (TPSA) is 77.2 Å². The van der Waals surface area contributed by atoms with Gasteiger partial charge in [-0.3, -0.25) is 0 Å². The Bertz CT molecular complexity index is 466. The molecule has 132 valence electrons.